The zero-order chi connectivity index (χ0) is 14.4. The van der Waals surface area contributed by atoms with Gasteiger partial charge >= 0.3 is 0 Å². The Kier molecular flexibility index (Phi) is 3.03. The van der Waals surface area contributed by atoms with Gasteiger partial charge < -0.3 is 5.73 Å². The smallest absolute Gasteiger partial charge is 0.148 e. The Balaban J connectivity index is 1.91. The van der Waals surface area contributed by atoms with E-state index in [0.29, 0.717) is 4.99 Å². The van der Waals surface area contributed by atoms with Gasteiger partial charge in [-0.3, -0.25) is 4.57 Å². The molecule has 0 saturated heterocycles. The van der Waals surface area contributed by atoms with Crippen LogP contribution in [0.2, 0.25) is 0 Å². The van der Waals surface area contributed by atoms with Gasteiger partial charge in [0.05, 0.1) is 11.3 Å². The number of aromatic nitrogens is 3. The van der Waals surface area contributed by atoms with Crippen molar-refractivity contribution in [2.45, 2.75) is 44.9 Å². The summed E-state index contributed by atoms with van der Waals surface area (Å²) in [6, 6.07) is 2.14. The van der Waals surface area contributed by atoms with Crippen molar-refractivity contribution in [2.75, 3.05) is 0 Å². The van der Waals surface area contributed by atoms with Gasteiger partial charge in [-0.2, -0.15) is 0 Å². The highest BCUT2D eigenvalue weighted by atomic mass is 32.1. The van der Waals surface area contributed by atoms with E-state index in [0.717, 1.165) is 37.1 Å². The number of fused-ring (bicyclic) bond motifs is 2. The van der Waals surface area contributed by atoms with Gasteiger partial charge in [-0.05, 0) is 56.6 Å². The third kappa shape index (κ3) is 2.07. The number of aryl methyl sites for hydroxylation is 3. The first-order chi connectivity index (χ1) is 10.2. The molecule has 108 valence electrons. The fourth-order valence-corrected chi connectivity index (χ4v) is 3.63. The third-order valence-electron chi connectivity index (χ3n) is 4.55. The van der Waals surface area contributed by atoms with Crippen molar-refractivity contribution in [1.29, 1.82) is 0 Å². The van der Waals surface area contributed by atoms with Crippen LogP contribution in [0, 0.1) is 0 Å². The van der Waals surface area contributed by atoms with Gasteiger partial charge in [-0.25, -0.2) is 9.97 Å². The van der Waals surface area contributed by atoms with Gasteiger partial charge in [-0.15, -0.1) is 0 Å². The van der Waals surface area contributed by atoms with Crippen LogP contribution in [0.4, 0.5) is 0 Å². The Hall–Kier alpha value is -1.75. The minimum Gasteiger partial charge on any atom is -0.389 e. The highest BCUT2D eigenvalue weighted by Crippen LogP contribution is 2.28. The molecule has 0 aliphatic heterocycles. The van der Waals surface area contributed by atoms with Gasteiger partial charge in [-0.1, -0.05) is 12.2 Å². The largest absolute Gasteiger partial charge is 0.389 e. The normalized spacial score (nSPS) is 16.6. The molecule has 0 radical (unpaired) electrons. The van der Waals surface area contributed by atoms with Crippen LogP contribution in [0.3, 0.4) is 0 Å². The predicted octanol–water partition coefficient (Wildman–Crippen LogP) is 2.27. The standard InChI is InChI=1S/C16H18N4S/c17-15(21)11-8-10-4-3-6-12(10)19-16(11)20-9-18-13-5-1-2-7-14(13)20/h8-9H,1-7H2,(H2,17,21). The first kappa shape index (κ1) is 13.0. The van der Waals surface area contributed by atoms with Gasteiger partial charge in [0.15, 0.2) is 0 Å². The van der Waals surface area contributed by atoms with Crippen LogP contribution < -0.4 is 5.73 Å². The molecule has 2 aliphatic carbocycles. The number of nitrogens with two attached hydrogens (primary N) is 1. The molecule has 0 unspecified atom stereocenters. The number of nitrogens with zero attached hydrogens (tertiary/aromatic N) is 3. The van der Waals surface area contributed by atoms with Gasteiger partial charge in [0.25, 0.3) is 0 Å². The van der Waals surface area contributed by atoms with Gasteiger partial charge in [0.2, 0.25) is 0 Å². The van der Waals surface area contributed by atoms with Crippen molar-refractivity contribution in [1.82, 2.24) is 14.5 Å². The summed E-state index contributed by atoms with van der Waals surface area (Å²) in [7, 11) is 0. The van der Waals surface area contributed by atoms with Crippen molar-refractivity contribution < 1.29 is 0 Å². The minimum atomic E-state index is 0.422. The topological polar surface area (TPSA) is 56.7 Å². The highest BCUT2D eigenvalue weighted by Gasteiger charge is 2.22. The average Bonchev–Trinajstić information content (AvgIpc) is 3.11. The Morgan fingerprint density at radius 3 is 2.76 bits per heavy atom. The van der Waals surface area contributed by atoms with Gasteiger partial charge in [0.1, 0.15) is 17.1 Å². The van der Waals surface area contributed by atoms with Crippen LogP contribution in [0.25, 0.3) is 5.82 Å². The Bertz CT molecular complexity index is 732. The molecule has 2 aliphatic rings. The lowest BCUT2D eigenvalue weighted by Gasteiger charge is -2.16. The van der Waals surface area contributed by atoms with E-state index in [9.17, 15) is 0 Å². The van der Waals surface area contributed by atoms with Crippen LogP contribution in [0.1, 0.15) is 47.5 Å². The molecule has 2 aromatic rings. The third-order valence-corrected chi connectivity index (χ3v) is 4.77. The quantitative estimate of drug-likeness (QED) is 0.864. The van der Waals surface area contributed by atoms with Crippen LogP contribution in [0.15, 0.2) is 12.4 Å². The Labute approximate surface area is 129 Å². The Morgan fingerprint density at radius 2 is 1.90 bits per heavy atom. The molecule has 2 N–H and O–H groups in total. The number of rotatable bonds is 2. The highest BCUT2D eigenvalue weighted by molar-refractivity contribution is 7.80. The van der Waals surface area contributed by atoms with Crippen LogP contribution in [-0.2, 0) is 25.7 Å². The summed E-state index contributed by atoms with van der Waals surface area (Å²) in [4.78, 5) is 9.87. The van der Waals surface area contributed by atoms with Crippen LogP contribution >= 0.6 is 12.2 Å². The predicted molar refractivity (Wildman–Crippen MR) is 85.9 cm³/mol. The molecule has 4 nitrogen and oxygen atoms in total. The molecule has 5 heteroatoms. The first-order valence-electron chi connectivity index (χ1n) is 7.62. The monoisotopic (exact) mass is 298 g/mol. The Morgan fingerprint density at radius 1 is 1.10 bits per heavy atom. The van der Waals surface area contributed by atoms with Crippen molar-refractivity contribution in [2.24, 2.45) is 5.73 Å². The second-order valence-corrected chi connectivity index (χ2v) is 6.34. The summed E-state index contributed by atoms with van der Waals surface area (Å²) in [5.41, 5.74) is 11.8. The molecule has 0 atom stereocenters. The van der Waals surface area contributed by atoms with Crippen molar-refractivity contribution >= 4 is 17.2 Å². The summed E-state index contributed by atoms with van der Waals surface area (Å²) in [6.07, 6.45) is 9.76. The van der Waals surface area contributed by atoms with E-state index in [2.05, 4.69) is 15.6 Å². The zero-order valence-electron chi connectivity index (χ0n) is 11.9. The lowest BCUT2D eigenvalue weighted by atomic mass is 10.0. The molecule has 0 aromatic carbocycles. The number of hydrogen-bond acceptors (Lipinski definition) is 3. The summed E-state index contributed by atoms with van der Waals surface area (Å²) < 4.78 is 2.11. The SMILES string of the molecule is NC(=S)c1cc2c(nc1-n1cnc3c1CCCC3)CCC2. The number of thiocarbonyl (C=S) groups is 1. The lowest BCUT2D eigenvalue weighted by molar-refractivity contribution is 0.653. The molecule has 0 bridgehead atoms. The molecule has 0 fully saturated rings. The fourth-order valence-electron chi connectivity index (χ4n) is 3.48. The van der Waals surface area contributed by atoms with Crippen LogP contribution in [-0.4, -0.2) is 19.5 Å². The zero-order valence-corrected chi connectivity index (χ0v) is 12.7. The van der Waals surface area contributed by atoms with E-state index < -0.39 is 0 Å². The van der Waals surface area contributed by atoms with Crippen molar-refractivity contribution in [3.05, 3.63) is 40.6 Å². The molecule has 2 heterocycles. The molecule has 2 aromatic heterocycles. The number of pyridine rings is 1. The molecule has 0 spiro atoms. The lowest BCUT2D eigenvalue weighted by Crippen LogP contribution is -2.17. The van der Waals surface area contributed by atoms with Crippen LogP contribution in [0.5, 0.6) is 0 Å². The van der Waals surface area contributed by atoms with E-state index in [4.69, 9.17) is 22.9 Å². The first-order valence-corrected chi connectivity index (χ1v) is 8.03. The maximum Gasteiger partial charge on any atom is 0.148 e. The van der Waals surface area contributed by atoms with Crippen molar-refractivity contribution in [3.63, 3.8) is 0 Å². The van der Waals surface area contributed by atoms with Gasteiger partial charge in [0, 0.05) is 11.4 Å². The van der Waals surface area contributed by atoms with E-state index in [-0.39, 0.29) is 0 Å². The molecular weight excluding hydrogens is 280 g/mol. The molecule has 4 rings (SSSR count). The summed E-state index contributed by atoms with van der Waals surface area (Å²) in [5, 5.41) is 0. The number of imidazole rings is 1. The second-order valence-electron chi connectivity index (χ2n) is 5.90. The second kappa shape index (κ2) is 4.91. The van der Waals surface area contributed by atoms with Crippen molar-refractivity contribution in [3.8, 4) is 5.82 Å². The fraction of sp³-hybridized carbons (Fsp3) is 0.438. The average molecular weight is 298 g/mol. The maximum absolute atomic E-state index is 5.95. The van der Waals surface area contributed by atoms with E-state index in [1.807, 2.05) is 6.33 Å². The molecule has 0 saturated carbocycles. The molecular formula is C16H18N4S. The van der Waals surface area contributed by atoms with E-state index in [1.54, 1.807) is 0 Å². The summed E-state index contributed by atoms with van der Waals surface area (Å²) >= 11 is 5.25. The summed E-state index contributed by atoms with van der Waals surface area (Å²) in [6.45, 7) is 0. The van der Waals surface area contributed by atoms with E-state index >= 15 is 0 Å². The number of hydrogen-bond donors (Lipinski definition) is 1. The molecule has 21 heavy (non-hydrogen) atoms. The maximum atomic E-state index is 5.95. The molecule has 0 amide bonds. The van der Waals surface area contributed by atoms with E-state index in [1.165, 1.54) is 41.9 Å². The summed E-state index contributed by atoms with van der Waals surface area (Å²) in [5.74, 6) is 0.874. The minimum absolute atomic E-state index is 0.422.